The Morgan fingerprint density at radius 1 is 1.50 bits per heavy atom. The first-order chi connectivity index (χ1) is 4.43. The molecule has 1 aliphatic rings. The van der Waals surface area contributed by atoms with E-state index in [0.29, 0.717) is 0 Å². The van der Waals surface area contributed by atoms with Gasteiger partial charge in [-0.2, -0.15) is 6.21 Å². The molecule has 1 radical (unpaired) electrons. The van der Waals surface area contributed by atoms with Crippen LogP contribution in [0.2, 0.25) is 0 Å². The molecule has 1 rings (SSSR count). The molecule has 0 atom stereocenters. The third-order valence-electron chi connectivity index (χ3n) is 1.42. The summed E-state index contributed by atoms with van der Waals surface area (Å²) < 4.78 is 0. The number of nitrogens with zero attached hydrogens (tertiary/aromatic N) is 1. The van der Waals surface area contributed by atoms with E-state index in [4.69, 9.17) is 0 Å². The zero-order chi connectivity index (χ0) is 6.53. The quantitative estimate of drug-likeness (QED) is 0.464. The Bertz CT molecular complexity index is 138. The summed E-state index contributed by atoms with van der Waals surface area (Å²) in [4.78, 5) is 4.04. The Hall–Kier alpha value is 0.514. The first kappa shape index (κ1) is 10.5. The molecule has 0 spiro atoms. The van der Waals surface area contributed by atoms with Gasteiger partial charge in [0.15, 0.2) is 0 Å². The van der Waals surface area contributed by atoms with E-state index in [9.17, 15) is 0 Å². The van der Waals surface area contributed by atoms with Crippen molar-refractivity contribution in [3.05, 3.63) is 11.8 Å². The van der Waals surface area contributed by atoms with Gasteiger partial charge in [0.1, 0.15) is 0 Å². The Morgan fingerprint density at radius 3 is 2.80 bits per heavy atom. The zero-order valence-electron chi connectivity index (χ0n) is 6.35. The molecule has 0 aromatic carbocycles. The van der Waals surface area contributed by atoms with Crippen LogP contribution in [0, 0.1) is 6.08 Å². The van der Waals surface area contributed by atoms with E-state index in [2.05, 4.69) is 17.3 Å². The maximum atomic E-state index is 4.04. The van der Waals surface area contributed by atoms with Gasteiger partial charge >= 0.3 is 0 Å². The van der Waals surface area contributed by atoms with Crippen LogP contribution in [-0.4, -0.2) is 6.21 Å². The molecule has 0 aromatic heterocycles. The summed E-state index contributed by atoms with van der Waals surface area (Å²) in [6.45, 7) is 1.82. The summed E-state index contributed by atoms with van der Waals surface area (Å²) in [5.74, 6) is 0. The molecule has 0 aromatic rings. The number of aliphatic imine (C=N–C) groups is 1. The molecule has 0 saturated heterocycles. The Kier molecular flexibility index (Phi) is 6.56. The van der Waals surface area contributed by atoms with Gasteiger partial charge in [0, 0.05) is 32.7 Å². The minimum absolute atomic E-state index is 0. The molecule has 0 amide bonds. The van der Waals surface area contributed by atoms with Crippen molar-refractivity contribution in [1.82, 2.24) is 0 Å². The van der Waals surface area contributed by atoms with Gasteiger partial charge in [-0.25, -0.2) is 6.42 Å². The van der Waals surface area contributed by atoms with Crippen LogP contribution in [-0.2, 0) is 32.7 Å². The van der Waals surface area contributed by atoms with E-state index in [1.807, 2.05) is 6.92 Å². The van der Waals surface area contributed by atoms with Crippen LogP contribution < -0.4 is 0 Å². The van der Waals surface area contributed by atoms with E-state index in [1.54, 1.807) is 0 Å². The van der Waals surface area contributed by atoms with Crippen molar-refractivity contribution < 1.29 is 32.7 Å². The standard InChI is InChI=1S/C8H11N.Y/c1-2-9-8-6-4-3-5-7-8;/h3-6H2,1H3;/q-2;. The van der Waals surface area contributed by atoms with Crippen LogP contribution >= 0.6 is 0 Å². The number of hydrogen-bond acceptors (Lipinski definition) is 1. The van der Waals surface area contributed by atoms with Crippen molar-refractivity contribution in [1.29, 1.82) is 0 Å². The second-order valence-electron chi connectivity index (χ2n) is 2.17. The van der Waals surface area contributed by atoms with Crippen molar-refractivity contribution >= 4 is 6.21 Å². The largest absolute Gasteiger partial charge is 0.580 e. The van der Waals surface area contributed by atoms with E-state index < -0.39 is 0 Å². The van der Waals surface area contributed by atoms with E-state index in [0.717, 1.165) is 18.5 Å². The van der Waals surface area contributed by atoms with Crippen molar-refractivity contribution in [2.24, 2.45) is 4.99 Å². The fraction of sp³-hybridized carbons (Fsp3) is 0.625. The van der Waals surface area contributed by atoms with Gasteiger partial charge in [-0.1, -0.05) is 12.8 Å². The van der Waals surface area contributed by atoms with Crippen molar-refractivity contribution in [3.63, 3.8) is 0 Å². The van der Waals surface area contributed by atoms with Crippen LogP contribution in [0.4, 0.5) is 0 Å². The van der Waals surface area contributed by atoms with Gasteiger partial charge in [0.25, 0.3) is 0 Å². The minimum Gasteiger partial charge on any atom is -0.580 e. The summed E-state index contributed by atoms with van der Waals surface area (Å²) in [5.41, 5.74) is 1.10. The van der Waals surface area contributed by atoms with Gasteiger partial charge in [-0.05, 0) is 0 Å². The van der Waals surface area contributed by atoms with Crippen LogP contribution in [0.25, 0.3) is 0 Å². The molecule has 2 heteroatoms. The molecule has 0 N–H and O–H groups in total. The second kappa shape index (κ2) is 6.24. The van der Waals surface area contributed by atoms with Gasteiger partial charge in [-0.15, -0.1) is 13.3 Å². The summed E-state index contributed by atoms with van der Waals surface area (Å²) in [7, 11) is 0. The normalized spacial score (nSPS) is 18.3. The first-order valence-corrected chi connectivity index (χ1v) is 3.40. The number of allylic oxidation sites excluding steroid dienone is 2. The molecule has 0 heterocycles. The fourth-order valence-electron chi connectivity index (χ4n) is 0.969. The van der Waals surface area contributed by atoms with Crippen LogP contribution in [0.1, 0.15) is 32.6 Å². The molecule has 10 heavy (non-hydrogen) atoms. The van der Waals surface area contributed by atoms with Gasteiger partial charge < -0.3 is 16.8 Å². The van der Waals surface area contributed by atoms with Crippen LogP contribution in [0.15, 0.2) is 10.7 Å². The predicted molar refractivity (Wildman–Crippen MR) is 38.3 cm³/mol. The van der Waals surface area contributed by atoms with E-state index >= 15 is 0 Å². The summed E-state index contributed by atoms with van der Waals surface area (Å²) >= 11 is 0. The fourth-order valence-corrected chi connectivity index (χ4v) is 0.969. The molecule has 0 aliphatic heterocycles. The summed E-state index contributed by atoms with van der Waals surface area (Å²) in [5, 5.41) is 0. The summed E-state index contributed by atoms with van der Waals surface area (Å²) in [6.07, 6.45) is 10.7. The van der Waals surface area contributed by atoms with E-state index in [1.165, 1.54) is 12.8 Å². The molecule has 1 nitrogen and oxygen atoms in total. The second-order valence-corrected chi connectivity index (χ2v) is 2.17. The average Bonchev–Trinajstić information content (AvgIpc) is 1.91. The molecule has 0 fully saturated rings. The Morgan fingerprint density at radius 2 is 2.30 bits per heavy atom. The van der Waals surface area contributed by atoms with E-state index in [-0.39, 0.29) is 32.7 Å². The minimum atomic E-state index is 0. The van der Waals surface area contributed by atoms with Crippen LogP contribution in [0.3, 0.4) is 0 Å². The smallest absolute Gasteiger partial charge is 0 e. The Balaban J connectivity index is 0.000000810. The zero-order valence-corrected chi connectivity index (χ0v) is 9.19. The molecule has 53 valence electrons. The van der Waals surface area contributed by atoms with Crippen molar-refractivity contribution in [2.75, 3.05) is 0 Å². The molecule has 0 saturated carbocycles. The monoisotopic (exact) mass is 210 g/mol. The predicted octanol–water partition coefficient (Wildman–Crippen LogP) is 2.21. The van der Waals surface area contributed by atoms with Crippen molar-refractivity contribution in [2.45, 2.75) is 32.6 Å². The SMILES string of the molecule is C[C-]=NC1=[C-]CCCC1.[Y]. The number of rotatable bonds is 1. The third-order valence-corrected chi connectivity index (χ3v) is 1.42. The molecule has 1 aliphatic carbocycles. The summed E-state index contributed by atoms with van der Waals surface area (Å²) in [6, 6.07) is 0. The van der Waals surface area contributed by atoms with Gasteiger partial charge in [-0.3, -0.25) is 0 Å². The molecule has 0 bridgehead atoms. The van der Waals surface area contributed by atoms with Crippen molar-refractivity contribution in [3.8, 4) is 0 Å². The number of hydrogen-bond donors (Lipinski definition) is 0. The molecule has 0 unspecified atom stereocenters. The average molecular weight is 210 g/mol. The van der Waals surface area contributed by atoms with Gasteiger partial charge in [0.05, 0.1) is 0 Å². The first-order valence-electron chi connectivity index (χ1n) is 3.40. The maximum absolute atomic E-state index is 4.04. The van der Waals surface area contributed by atoms with Gasteiger partial charge in [0.2, 0.25) is 0 Å². The van der Waals surface area contributed by atoms with Crippen LogP contribution in [0.5, 0.6) is 0 Å². The maximum Gasteiger partial charge on any atom is 0 e. The molecular weight excluding hydrogens is 199 g/mol. The molecular formula is C8H11NY-2. The topological polar surface area (TPSA) is 12.4 Å². The Labute approximate surface area is 87.9 Å². The third kappa shape index (κ3) is 3.63.